The van der Waals surface area contributed by atoms with E-state index in [2.05, 4.69) is 223 Å². The van der Waals surface area contributed by atoms with Gasteiger partial charge in [0.05, 0.1) is 5.69 Å². The first kappa shape index (κ1) is 35.2. The lowest BCUT2D eigenvalue weighted by molar-refractivity contribution is 0.669. The highest BCUT2D eigenvalue weighted by molar-refractivity contribution is 7.25. The van der Waals surface area contributed by atoms with Gasteiger partial charge >= 0.3 is 0 Å². The minimum absolute atomic E-state index is 0.883. The predicted octanol–water partition coefficient (Wildman–Crippen LogP) is 17.2. The van der Waals surface area contributed by atoms with Gasteiger partial charge in [0.1, 0.15) is 11.2 Å². The monoisotopic (exact) mass is 795 g/mol. The fraction of sp³-hybridized carbons (Fsp3) is 0. The van der Waals surface area contributed by atoms with Crippen LogP contribution in [0.25, 0.3) is 97.4 Å². The van der Waals surface area contributed by atoms with Gasteiger partial charge < -0.3 is 9.32 Å². The summed E-state index contributed by atoms with van der Waals surface area (Å²) in [6.45, 7) is 0. The van der Waals surface area contributed by atoms with Gasteiger partial charge in [-0.2, -0.15) is 0 Å². The van der Waals surface area contributed by atoms with Gasteiger partial charge in [0, 0.05) is 47.9 Å². The molecule has 3 heteroatoms. The van der Waals surface area contributed by atoms with Crippen molar-refractivity contribution in [3.05, 3.63) is 224 Å². The molecule has 286 valence electrons. The Morgan fingerprint density at radius 1 is 0.328 bits per heavy atom. The zero-order chi connectivity index (χ0) is 40.3. The minimum Gasteiger partial charge on any atom is -0.456 e. The van der Waals surface area contributed by atoms with Crippen molar-refractivity contribution in [2.24, 2.45) is 0 Å². The van der Waals surface area contributed by atoms with E-state index in [0.717, 1.165) is 55.7 Å². The van der Waals surface area contributed by atoms with Crippen LogP contribution in [0.15, 0.2) is 229 Å². The summed E-state index contributed by atoms with van der Waals surface area (Å²) in [5.74, 6) is 0. The Hall–Kier alpha value is -7.72. The van der Waals surface area contributed by atoms with Gasteiger partial charge in [0.25, 0.3) is 0 Å². The molecule has 10 aromatic carbocycles. The Kier molecular flexibility index (Phi) is 8.39. The van der Waals surface area contributed by atoms with Crippen molar-refractivity contribution >= 4 is 81.3 Å². The molecule has 0 spiro atoms. The second-order valence-corrected chi connectivity index (χ2v) is 16.7. The molecule has 61 heavy (non-hydrogen) atoms. The molecule has 0 saturated heterocycles. The van der Waals surface area contributed by atoms with Gasteiger partial charge in [-0.15, -0.1) is 11.3 Å². The van der Waals surface area contributed by atoms with E-state index in [0.29, 0.717) is 0 Å². The van der Waals surface area contributed by atoms with Crippen LogP contribution < -0.4 is 4.90 Å². The normalized spacial score (nSPS) is 11.6. The number of thiophene rings is 1. The molecule has 0 bridgehead atoms. The molecule has 0 saturated carbocycles. The van der Waals surface area contributed by atoms with Crippen molar-refractivity contribution < 1.29 is 4.42 Å². The minimum atomic E-state index is 0.883. The summed E-state index contributed by atoms with van der Waals surface area (Å²) in [6, 6.07) is 81.2. The lowest BCUT2D eigenvalue weighted by Crippen LogP contribution is -2.11. The van der Waals surface area contributed by atoms with Crippen LogP contribution in [0.4, 0.5) is 17.1 Å². The number of benzene rings is 10. The quantitative estimate of drug-likeness (QED) is 0.160. The van der Waals surface area contributed by atoms with E-state index in [1.54, 1.807) is 0 Å². The molecule has 12 aromatic rings. The number of rotatable bonds is 7. The topological polar surface area (TPSA) is 16.4 Å². The molecule has 0 aliphatic rings. The largest absolute Gasteiger partial charge is 0.456 e. The van der Waals surface area contributed by atoms with Crippen LogP contribution in [-0.2, 0) is 0 Å². The average Bonchev–Trinajstić information content (AvgIpc) is 3.90. The summed E-state index contributed by atoms with van der Waals surface area (Å²) in [4.78, 5) is 2.41. The first-order valence-electron chi connectivity index (χ1n) is 20.7. The Balaban J connectivity index is 0.986. The molecular formula is C58H37NOS. The van der Waals surface area contributed by atoms with Crippen LogP contribution in [-0.4, -0.2) is 0 Å². The van der Waals surface area contributed by atoms with Crippen LogP contribution in [0.3, 0.4) is 0 Å². The number of hydrogen-bond acceptors (Lipinski definition) is 3. The van der Waals surface area contributed by atoms with Crippen LogP contribution in [0, 0.1) is 0 Å². The third kappa shape index (κ3) is 6.09. The second kappa shape index (κ2) is 14.5. The lowest BCUT2D eigenvalue weighted by Gasteiger charge is -2.28. The molecule has 0 aliphatic carbocycles. The van der Waals surface area contributed by atoms with Crippen molar-refractivity contribution in [3.8, 4) is 44.5 Å². The van der Waals surface area contributed by atoms with E-state index < -0.39 is 0 Å². The lowest BCUT2D eigenvalue weighted by atomic mass is 9.95. The molecular weight excluding hydrogens is 759 g/mol. The maximum absolute atomic E-state index is 6.39. The molecule has 0 atom stereocenters. The first-order valence-corrected chi connectivity index (χ1v) is 21.6. The van der Waals surface area contributed by atoms with Crippen molar-refractivity contribution in [2.75, 3.05) is 4.90 Å². The van der Waals surface area contributed by atoms with Gasteiger partial charge in [-0.25, -0.2) is 0 Å². The van der Waals surface area contributed by atoms with Crippen LogP contribution in [0.1, 0.15) is 0 Å². The zero-order valence-corrected chi connectivity index (χ0v) is 33.9. The number of furan rings is 1. The summed E-state index contributed by atoms with van der Waals surface area (Å²) < 4.78 is 9.02. The van der Waals surface area contributed by atoms with Crippen molar-refractivity contribution in [1.29, 1.82) is 0 Å². The molecule has 12 rings (SSSR count). The molecule has 0 fully saturated rings. The number of fused-ring (bicyclic) bond motifs is 7. The molecule has 2 heterocycles. The zero-order valence-electron chi connectivity index (χ0n) is 33.1. The maximum atomic E-state index is 6.39. The number of anilines is 3. The van der Waals surface area contributed by atoms with Gasteiger partial charge in [0.2, 0.25) is 0 Å². The molecule has 2 nitrogen and oxygen atoms in total. The van der Waals surface area contributed by atoms with Gasteiger partial charge in [-0.05, 0) is 104 Å². The highest BCUT2D eigenvalue weighted by Crippen LogP contribution is 2.46. The summed E-state index contributed by atoms with van der Waals surface area (Å²) in [7, 11) is 0. The van der Waals surface area contributed by atoms with Crippen LogP contribution >= 0.6 is 11.3 Å². The van der Waals surface area contributed by atoms with Gasteiger partial charge in [-0.3, -0.25) is 0 Å². The maximum Gasteiger partial charge on any atom is 0.136 e. The van der Waals surface area contributed by atoms with Crippen LogP contribution in [0.2, 0.25) is 0 Å². The van der Waals surface area contributed by atoms with Crippen molar-refractivity contribution in [3.63, 3.8) is 0 Å². The summed E-state index contributed by atoms with van der Waals surface area (Å²) in [5.41, 5.74) is 14.4. The van der Waals surface area contributed by atoms with E-state index in [1.165, 1.54) is 58.8 Å². The first-order chi connectivity index (χ1) is 30.2. The summed E-state index contributed by atoms with van der Waals surface area (Å²) >= 11 is 1.86. The number of para-hydroxylation sites is 2. The summed E-state index contributed by atoms with van der Waals surface area (Å²) in [5, 5.41) is 7.38. The van der Waals surface area contributed by atoms with Gasteiger partial charge in [0.15, 0.2) is 0 Å². The Morgan fingerprint density at radius 2 is 0.918 bits per heavy atom. The fourth-order valence-electron chi connectivity index (χ4n) is 9.18. The summed E-state index contributed by atoms with van der Waals surface area (Å²) in [6.07, 6.45) is 0. The standard InChI is InChI=1S/C58H37NOS/c1-2-16-46-40(12-1)13-10-20-47(46)41-28-26-38(27-29-41)42-14-9-15-45(36-42)59(44-33-30-39(31-34-44)43-32-35-50-49-18-5-8-25-56(49)61-57(50)37-43)53-22-6-3-17-48(53)51-21-11-24-55-58(51)52-19-4-7-23-54(52)60-55/h1-37H. The Morgan fingerprint density at radius 3 is 1.80 bits per heavy atom. The molecule has 0 amide bonds. The van der Waals surface area contributed by atoms with E-state index in [1.807, 2.05) is 17.4 Å². The SMILES string of the molecule is c1cc(-c2ccc(-c3cccc4ccccc34)cc2)cc(N(c2ccc(-c3ccc4c(c3)sc3ccccc34)cc2)c2ccccc2-c2cccc3oc4ccccc4c23)c1. The van der Waals surface area contributed by atoms with Crippen LogP contribution in [0.5, 0.6) is 0 Å². The molecule has 2 aromatic heterocycles. The number of hydrogen-bond donors (Lipinski definition) is 0. The second-order valence-electron chi connectivity index (χ2n) is 15.6. The van der Waals surface area contributed by atoms with E-state index >= 15 is 0 Å². The fourth-order valence-corrected chi connectivity index (χ4v) is 10.3. The molecule has 0 unspecified atom stereocenters. The average molecular weight is 796 g/mol. The van der Waals surface area contributed by atoms with E-state index in [9.17, 15) is 0 Å². The van der Waals surface area contributed by atoms with Crippen molar-refractivity contribution in [2.45, 2.75) is 0 Å². The highest BCUT2D eigenvalue weighted by atomic mass is 32.1. The van der Waals surface area contributed by atoms with E-state index in [4.69, 9.17) is 4.42 Å². The Labute approximate surface area is 357 Å². The molecule has 0 aliphatic heterocycles. The van der Waals surface area contributed by atoms with Gasteiger partial charge in [-0.1, -0.05) is 170 Å². The third-order valence-corrected chi connectivity index (χ3v) is 13.2. The Bertz CT molecular complexity index is 3590. The molecule has 0 N–H and O–H groups in total. The smallest absolute Gasteiger partial charge is 0.136 e. The number of nitrogens with zero attached hydrogens (tertiary/aromatic N) is 1. The predicted molar refractivity (Wildman–Crippen MR) is 261 cm³/mol. The highest BCUT2D eigenvalue weighted by Gasteiger charge is 2.21. The van der Waals surface area contributed by atoms with Crippen molar-refractivity contribution in [1.82, 2.24) is 0 Å². The van der Waals surface area contributed by atoms with E-state index in [-0.39, 0.29) is 0 Å². The third-order valence-electron chi connectivity index (χ3n) is 12.1. The molecule has 0 radical (unpaired) electrons.